The van der Waals surface area contributed by atoms with E-state index in [1.807, 2.05) is 12.1 Å². The summed E-state index contributed by atoms with van der Waals surface area (Å²) < 4.78 is 0. The molecule has 1 fully saturated rings. The van der Waals surface area contributed by atoms with Gasteiger partial charge in [0.2, 0.25) is 0 Å². The molecule has 2 N–H and O–H groups in total. The minimum absolute atomic E-state index is 0.561. The Labute approximate surface area is 96.5 Å². The summed E-state index contributed by atoms with van der Waals surface area (Å²) in [6.07, 6.45) is 2.70. The van der Waals surface area contributed by atoms with Gasteiger partial charge < -0.3 is 10.6 Å². The van der Waals surface area contributed by atoms with E-state index in [4.69, 9.17) is 11.0 Å². The molecule has 0 spiro atoms. The number of hydrogen-bond donors (Lipinski definition) is 1. The summed E-state index contributed by atoms with van der Waals surface area (Å²) in [5.41, 5.74) is 8.09. The molecule has 0 amide bonds. The second-order valence-corrected chi connectivity index (χ2v) is 4.37. The van der Waals surface area contributed by atoms with Gasteiger partial charge in [-0.25, -0.2) is 0 Å². The molecule has 0 saturated heterocycles. The van der Waals surface area contributed by atoms with Crippen LogP contribution in [0.25, 0.3) is 0 Å². The van der Waals surface area contributed by atoms with E-state index >= 15 is 0 Å². The summed E-state index contributed by atoms with van der Waals surface area (Å²) >= 11 is 0. The van der Waals surface area contributed by atoms with Gasteiger partial charge in [-0.15, -0.1) is 0 Å². The summed E-state index contributed by atoms with van der Waals surface area (Å²) in [7, 11) is 0. The van der Waals surface area contributed by atoms with Gasteiger partial charge >= 0.3 is 0 Å². The van der Waals surface area contributed by atoms with Gasteiger partial charge in [0.1, 0.15) is 6.07 Å². The standard InChI is InChI=1S/C13H17N3/c1-2-16(9-10-3-4-10)12-6-5-11(8-14)13(15)7-12/h5-7,10H,2-4,9,15H2,1H3. The number of nitrogen functional groups attached to an aromatic ring is 1. The quantitative estimate of drug-likeness (QED) is 0.784. The van der Waals surface area contributed by atoms with Crippen LogP contribution in [0.1, 0.15) is 25.3 Å². The fourth-order valence-electron chi connectivity index (χ4n) is 1.88. The zero-order chi connectivity index (χ0) is 11.5. The minimum Gasteiger partial charge on any atom is -0.398 e. The van der Waals surface area contributed by atoms with E-state index in [9.17, 15) is 0 Å². The summed E-state index contributed by atoms with van der Waals surface area (Å²) in [6, 6.07) is 7.79. The molecule has 0 atom stereocenters. The largest absolute Gasteiger partial charge is 0.398 e. The van der Waals surface area contributed by atoms with Crippen molar-refractivity contribution in [1.82, 2.24) is 0 Å². The minimum atomic E-state index is 0.561. The molecule has 1 saturated carbocycles. The summed E-state index contributed by atoms with van der Waals surface area (Å²) in [5.74, 6) is 0.858. The monoisotopic (exact) mass is 215 g/mol. The predicted octanol–water partition coefficient (Wildman–Crippen LogP) is 2.38. The van der Waals surface area contributed by atoms with Gasteiger partial charge in [-0.2, -0.15) is 5.26 Å². The lowest BCUT2D eigenvalue weighted by Crippen LogP contribution is -2.25. The molecule has 84 valence electrons. The van der Waals surface area contributed by atoms with Crippen molar-refractivity contribution in [3.63, 3.8) is 0 Å². The number of nitrogens with two attached hydrogens (primary N) is 1. The smallest absolute Gasteiger partial charge is 0.101 e. The first kappa shape index (κ1) is 10.8. The Balaban J connectivity index is 2.17. The van der Waals surface area contributed by atoms with Crippen LogP contribution in [0.15, 0.2) is 18.2 Å². The molecule has 0 aromatic heterocycles. The van der Waals surface area contributed by atoms with Gasteiger partial charge in [0, 0.05) is 18.8 Å². The zero-order valence-electron chi connectivity index (χ0n) is 9.61. The van der Waals surface area contributed by atoms with Crippen molar-refractivity contribution in [2.45, 2.75) is 19.8 Å². The Morgan fingerprint density at radius 2 is 2.25 bits per heavy atom. The van der Waals surface area contributed by atoms with Crippen LogP contribution in [-0.2, 0) is 0 Å². The van der Waals surface area contributed by atoms with E-state index < -0.39 is 0 Å². The molecule has 3 heteroatoms. The maximum atomic E-state index is 8.82. The second kappa shape index (κ2) is 4.44. The summed E-state index contributed by atoms with van der Waals surface area (Å²) in [5, 5.41) is 8.82. The van der Waals surface area contributed by atoms with Crippen molar-refractivity contribution in [2.24, 2.45) is 5.92 Å². The number of anilines is 2. The number of nitrogens with zero attached hydrogens (tertiary/aromatic N) is 2. The van der Waals surface area contributed by atoms with E-state index in [1.54, 1.807) is 6.07 Å². The number of nitriles is 1. The third kappa shape index (κ3) is 2.27. The first-order valence-electron chi connectivity index (χ1n) is 5.79. The maximum Gasteiger partial charge on any atom is 0.101 e. The van der Waals surface area contributed by atoms with E-state index in [1.165, 1.54) is 12.8 Å². The van der Waals surface area contributed by atoms with Gasteiger partial charge in [0.25, 0.3) is 0 Å². The normalized spacial score (nSPS) is 14.5. The van der Waals surface area contributed by atoms with Crippen molar-refractivity contribution in [2.75, 3.05) is 23.7 Å². The van der Waals surface area contributed by atoms with Crippen LogP contribution in [0.4, 0.5) is 11.4 Å². The van der Waals surface area contributed by atoms with E-state index in [-0.39, 0.29) is 0 Å². The highest BCUT2D eigenvalue weighted by Gasteiger charge is 2.23. The van der Waals surface area contributed by atoms with Crippen LogP contribution in [0.3, 0.4) is 0 Å². The van der Waals surface area contributed by atoms with Gasteiger partial charge in [0.15, 0.2) is 0 Å². The van der Waals surface area contributed by atoms with Crippen LogP contribution >= 0.6 is 0 Å². The Morgan fingerprint density at radius 1 is 1.50 bits per heavy atom. The molecule has 1 aliphatic rings. The third-order valence-electron chi connectivity index (χ3n) is 3.08. The average molecular weight is 215 g/mol. The highest BCUT2D eigenvalue weighted by atomic mass is 15.1. The van der Waals surface area contributed by atoms with Gasteiger partial charge in [-0.3, -0.25) is 0 Å². The zero-order valence-corrected chi connectivity index (χ0v) is 9.61. The van der Waals surface area contributed by atoms with E-state index in [0.717, 1.165) is 24.7 Å². The Morgan fingerprint density at radius 3 is 2.75 bits per heavy atom. The van der Waals surface area contributed by atoms with E-state index in [0.29, 0.717) is 11.3 Å². The first-order valence-corrected chi connectivity index (χ1v) is 5.79. The lowest BCUT2D eigenvalue weighted by Gasteiger charge is -2.23. The second-order valence-electron chi connectivity index (χ2n) is 4.37. The van der Waals surface area contributed by atoms with Crippen LogP contribution in [0.2, 0.25) is 0 Å². The summed E-state index contributed by atoms with van der Waals surface area (Å²) in [6.45, 7) is 4.25. The van der Waals surface area contributed by atoms with Crippen molar-refractivity contribution < 1.29 is 0 Å². The van der Waals surface area contributed by atoms with Crippen LogP contribution in [0.5, 0.6) is 0 Å². The molecule has 0 bridgehead atoms. The molecule has 0 radical (unpaired) electrons. The number of hydrogen-bond acceptors (Lipinski definition) is 3. The number of rotatable bonds is 4. The lowest BCUT2D eigenvalue weighted by molar-refractivity contribution is 0.742. The predicted molar refractivity (Wildman–Crippen MR) is 66.2 cm³/mol. The third-order valence-corrected chi connectivity index (χ3v) is 3.08. The van der Waals surface area contributed by atoms with Gasteiger partial charge in [0.05, 0.1) is 11.3 Å². The van der Waals surface area contributed by atoms with Crippen LogP contribution in [0, 0.1) is 17.2 Å². The molecular weight excluding hydrogens is 198 g/mol. The molecule has 1 aliphatic carbocycles. The first-order chi connectivity index (χ1) is 7.74. The molecule has 16 heavy (non-hydrogen) atoms. The molecule has 0 aliphatic heterocycles. The van der Waals surface area contributed by atoms with E-state index in [2.05, 4.69) is 17.9 Å². The van der Waals surface area contributed by atoms with Crippen LogP contribution < -0.4 is 10.6 Å². The van der Waals surface area contributed by atoms with Gasteiger partial charge in [-0.1, -0.05) is 0 Å². The molecular formula is C13H17N3. The Hall–Kier alpha value is -1.69. The average Bonchev–Trinajstić information content (AvgIpc) is 3.09. The molecule has 1 aromatic rings. The highest BCUT2D eigenvalue weighted by Crippen LogP contribution is 2.32. The molecule has 0 heterocycles. The highest BCUT2D eigenvalue weighted by molar-refractivity contribution is 5.63. The maximum absolute atomic E-state index is 8.82. The Kier molecular flexibility index (Phi) is 3.00. The molecule has 2 rings (SSSR count). The Bertz CT molecular complexity index is 416. The molecule has 0 unspecified atom stereocenters. The summed E-state index contributed by atoms with van der Waals surface area (Å²) in [4.78, 5) is 2.33. The molecule has 3 nitrogen and oxygen atoms in total. The topological polar surface area (TPSA) is 53.0 Å². The van der Waals surface area contributed by atoms with Crippen molar-refractivity contribution >= 4 is 11.4 Å². The molecule has 1 aromatic carbocycles. The fraction of sp³-hybridized carbons (Fsp3) is 0.462. The SMILES string of the molecule is CCN(CC1CC1)c1ccc(C#N)c(N)c1. The van der Waals surface area contributed by atoms with Crippen molar-refractivity contribution in [3.05, 3.63) is 23.8 Å². The number of benzene rings is 1. The van der Waals surface area contributed by atoms with Gasteiger partial charge in [-0.05, 0) is 43.9 Å². The fourth-order valence-corrected chi connectivity index (χ4v) is 1.88. The van der Waals surface area contributed by atoms with Crippen molar-refractivity contribution in [3.8, 4) is 6.07 Å². The van der Waals surface area contributed by atoms with Crippen molar-refractivity contribution in [1.29, 1.82) is 5.26 Å². The van der Waals surface area contributed by atoms with Crippen LogP contribution in [-0.4, -0.2) is 13.1 Å². The lowest BCUT2D eigenvalue weighted by atomic mass is 10.1.